The summed E-state index contributed by atoms with van der Waals surface area (Å²) in [6, 6.07) is 114. The number of para-hydroxylation sites is 4. The highest BCUT2D eigenvalue weighted by atomic mass is 15.1. The molecule has 0 saturated carbocycles. The van der Waals surface area contributed by atoms with Gasteiger partial charge in [0, 0.05) is 34.1 Å². The molecule has 13 aromatic rings. The molecule has 0 spiro atoms. The van der Waals surface area contributed by atoms with E-state index in [9.17, 15) is 0 Å². The molecule has 2 heteroatoms. The van der Waals surface area contributed by atoms with Gasteiger partial charge < -0.3 is 9.80 Å². The summed E-state index contributed by atoms with van der Waals surface area (Å²) in [7, 11) is 0. The highest BCUT2D eigenvalue weighted by Gasteiger charge is 2.22. The highest BCUT2D eigenvalue weighted by Crippen LogP contribution is 2.48. The van der Waals surface area contributed by atoms with Crippen molar-refractivity contribution >= 4 is 80.0 Å². The van der Waals surface area contributed by atoms with Gasteiger partial charge in [0.15, 0.2) is 0 Å². The van der Waals surface area contributed by atoms with Crippen LogP contribution < -0.4 is 9.80 Å². The molecular formula is C78H56N2. The molecule has 0 radical (unpaired) electrons. The molecule has 0 aromatic heterocycles. The van der Waals surface area contributed by atoms with Crippen LogP contribution in [0.25, 0.3) is 90.4 Å². The van der Waals surface area contributed by atoms with Crippen LogP contribution in [-0.2, 0) is 0 Å². The van der Waals surface area contributed by atoms with Crippen molar-refractivity contribution in [1.29, 1.82) is 0 Å². The Hall–Kier alpha value is -10.5. The average Bonchev–Trinajstić information content (AvgIpc) is 3.63. The topological polar surface area (TPSA) is 6.48 Å². The maximum absolute atomic E-state index is 2.44. The van der Waals surface area contributed by atoms with Gasteiger partial charge >= 0.3 is 0 Å². The molecule has 0 saturated heterocycles. The Balaban J connectivity index is 1.07. The Morgan fingerprint density at radius 2 is 0.450 bits per heavy atom. The first-order chi connectivity index (χ1) is 39.7. The second kappa shape index (κ2) is 22.6. The molecule has 378 valence electrons. The quantitative estimate of drug-likeness (QED) is 0.0791. The van der Waals surface area contributed by atoms with Crippen LogP contribution >= 0.6 is 0 Å². The summed E-state index contributed by atoms with van der Waals surface area (Å²) in [5.74, 6) is 0. The predicted octanol–water partition coefficient (Wildman–Crippen LogP) is 21.9. The Morgan fingerprint density at radius 1 is 0.175 bits per heavy atom. The molecule has 13 rings (SSSR count). The van der Waals surface area contributed by atoms with Crippen molar-refractivity contribution in [2.45, 2.75) is 0 Å². The Kier molecular flexibility index (Phi) is 13.8. The van der Waals surface area contributed by atoms with Crippen molar-refractivity contribution in [3.05, 3.63) is 338 Å². The zero-order valence-electron chi connectivity index (χ0n) is 44.2. The minimum Gasteiger partial charge on any atom is -0.310 e. The summed E-state index contributed by atoms with van der Waals surface area (Å²) in [6.45, 7) is 0. The molecule has 13 aromatic carbocycles. The fourth-order valence-electron chi connectivity index (χ4n) is 11.2. The molecule has 0 unspecified atom stereocenters. The van der Waals surface area contributed by atoms with Crippen LogP contribution in [0.15, 0.2) is 315 Å². The summed E-state index contributed by atoms with van der Waals surface area (Å²) in [6.07, 6.45) is 8.80. The minimum absolute atomic E-state index is 1.07. The lowest BCUT2D eigenvalue weighted by molar-refractivity contribution is 1.28. The maximum atomic E-state index is 2.44. The molecule has 0 aliphatic heterocycles. The van der Waals surface area contributed by atoms with Crippen LogP contribution in [-0.4, -0.2) is 0 Å². The van der Waals surface area contributed by atoms with E-state index in [0.717, 1.165) is 78.6 Å². The molecular weight excluding hydrogens is 965 g/mol. The fraction of sp³-hybridized carbons (Fsp3) is 0. The third-order valence-electron chi connectivity index (χ3n) is 14.9. The lowest BCUT2D eigenvalue weighted by Gasteiger charge is -2.27. The van der Waals surface area contributed by atoms with Crippen molar-refractivity contribution in [3.63, 3.8) is 0 Å². The monoisotopic (exact) mass is 1020 g/mol. The van der Waals surface area contributed by atoms with Gasteiger partial charge in [-0.2, -0.15) is 0 Å². The Labute approximate surface area is 469 Å². The van der Waals surface area contributed by atoms with Gasteiger partial charge in [0.2, 0.25) is 0 Å². The molecule has 0 bridgehead atoms. The standard InChI is InChI=1S/C78H56N2/c1-7-23-57(24-8-1)43-45-59-27-19-29-61(51-59)63-47-49-73-75(55-63)77(65-31-21-41-71(53-65)79(67-33-11-3-12-34-67)68-35-13-4-14-36-68)74-50-48-64(62-30-20-28-60(52-62)46-44-58-25-9-2-10-26-58)56-76(74)78(73)66-32-22-42-72(54-66)80(69-37-15-5-16-38-69)70-39-17-6-18-40-70/h1-56H/b45-43+,46-44+. The average molecular weight is 1020 g/mol. The van der Waals surface area contributed by atoms with E-state index in [4.69, 9.17) is 0 Å². The van der Waals surface area contributed by atoms with Crippen molar-refractivity contribution < 1.29 is 0 Å². The third-order valence-corrected chi connectivity index (χ3v) is 14.9. The molecule has 0 aliphatic carbocycles. The number of rotatable bonds is 14. The van der Waals surface area contributed by atoms with Gasteiger partial charge in [-0.05, 0) is 185 Å². The van der Waals surface area contributed by atoms with E-state index in [0.29, 0.717) is 0 Å². The molecule has 80 heavy (non-hydrogen) atoms. The first kappa shape index (κ1) is 49.1. The van der Waals surface area contributed by atoms with Crippen molar-refractivity contribution in [2.75, 3.05) is 9.80 Å². The molecule has 0 aliphatic rings. The summed E-state index contributed by atoms with van der Waals surface area (Å²) < 4.78 is 0. The Bertz CT molecular complexity index is 3960. The van der Waals surface area contributed by atoms with Crippen LogP contribution in [0.1, 0.15) is 22.3 Å². The number of nitrogens with zero attached hydrogens (tertiary/aromatic N) is 2. The number of benzene rings is 13. The lowest BCUT2D eigenvalue weighted by atomic mass is 9.83. The van der Waals surface area contributed by atoms with Gasteiger partial charge in [0.1, 0.15) is 0 Å². The van der Waals surface area contributed by atoms with Gasteiger partial charge in [-0.25, -0.2) is 0 Å². The number of hydrogen-bond donors (Lipinski definition) is 0. The Morgan fingerprint density at radius 3 is 0.812 bits per heavy atom. The normalized spacial score (nSPS) is 11.4. The van der Waals surface area contributed by atoms with Crippen LogP contribution in [0.3, 0.4) is 0 Å². The smallest absolute Gasteiger partial charge is 0.0467 e. The van der Waals surface area contributed by atoms with Gasteiger partial charge in [0.25, 0.3) is 0 Å². The summed E-state index contributed by atoms with van der Waals surface area (Å²) >= 11 is 0. The highest BCUT2D eigenvalue weighted by molar-refractivity contribution is 6.23. The zero-order chi connectivity index (χ0) is 53.5. The molecule has 2 nitrogen and oxygen atoms in total. The van der Waals surface area contributed by atoms with Gasteiger partial charge in [-0.15, -0.1) is 0 Å². The zero-order valence-corrected chi connectivity index (χ0v) is 44.2. The SMILES string of the molecule is C(=C\c1cccc(-c2ccc3c(-c4cccc(N(c5ccccc5)c5ccccc5)c4)c4cc(-c5cccc(/C=C/c6ccccc6)c5)ccc4c(-c4cccc(N(c5ccccc5)c5ccccc5)c4)c3c2)c1)/c1ccccc1. The van der Waals surface area contributed by atoms with Crippen LogP contribution in [0.2, 0.25) is 0 Å². The molecule has 0 atom stereocenters. The van der Waals surface area contributed by atoms with Gasteiger partial charge in [-0.3, -0.25) is 0 Å². The van der Waals surface area contributed by atoms with Crippen molar-refractivity contribution in [1.82, 2.24) is 0 Å². The number of hydrogen-bond acceptors (Lipinski definition) is 2. The minimum atomic E-state index is 1.07. The third kappa shape index (κ3) is 10.4. The second-order valence-electron chi connectivity index (χ2n) is 20.1. The maximum Gasteiger partial charge on any atom is 0.0467 e. The van der Waals surface area contributed by atoms with Gasteiger partial charge in [-0.1, -0.05) is 243 Å². The van der Waals surface area contributed by atoms with Crippen molar-refractivity contribution in [3.8, 4) is 44.5 Å². The largest absolute Gasteiger partial charge is 0.310 e. The number of anilines is 6. The second-order valence-corrected chi connectivity index (χ2v) is 20.1. The first-order valence-electron chi connectivity index (χ1n) is 27.4. The van der Waals surface area contributed by atoms with Crippen LogP contribution in [0, 0.1) is 0 Å². The summed E-state index contributed by atoms with van der Waals surface area (Å²) in [4.78, 5) is 4.71. The van der Waals surface area contributed by atoms with Crippen molar-refractivity contribution in [2.24, 2.45) is 0 Å². The molecule has 0 amide bonds. The summed E-state index contributed by atoms with van der Waals surface area (Å²) in [5, 5.41) is 4.69. The summed E-state index contributed by atoms with van der Waals surface area (Å²) in [5.41, 5.74) is 20.4. The van der Waals surface area contributed by atoms with E-state index < -0.39 is 0 Å². The van der Waals surface area contributed by atoms with E-state index in [2.05, 4.69) is 350 Å². The molecule has 0 heterocycles. The lowest BCUT2D eigenvalue weighted by Crippen LogP contribution is -2.09. The fourth-order valence-corrected chi connectivity index (χ4v) is 11.2. The van der Waals surface area contributed by atoms with E-state index >= 15 is 0 Å². The predicted molar refractivity (Wildman–Crippen MR) is 343 cm³/mol. The van der Waals surface area contributed by atoms with E-state index in [1.165, 1.54) is 43.8 Å². The molecule has 0 fully saturated rings. The number of fused-ring (bicyclic) bond motifs is 2. The van der Waals surface area contributed by atoms with E-state index in [1.54, 1.807) is 0 Å². The van der Waals surface area contributed by atoms with E-state index in [1.807, 2.05) is 0 Å². The van der Waals surface area contributed by atoms with E-state index in [-0.39, 0.29) is 0 Å². The molecule has 0 N–H and O–H groups in total. The van der Waals surface area contributed by atoms with Crippen LogP contribution in [0.5, 0.6) is 0 Å². The van der Waals surface area contributed by atoms with Crippen LogP contribution in [0.4, 0.5) is 34.1 Å². The first-order valence-corrected chi connectivity index (χ1v) is 27.4. The van der Waals surface area contributed by atoms with Gasteiger partial charge in [0.05, 0.1) is 0 Å².